The van der Waals surface area contributed by atoms with Crippen molar-refractivity contribution in [3.05, 3.63) is 45.8 Å². The zero-order valence-electron chi connectivity index (χ0n) is 16.1. The lowest BCUT2D eigenvalue weighted by atomic mass is 9.78. The highest BCUT2D eigenvalue weighted by atomic mass is 16.5. The first kappa shape index (κ1) is 17.9. The number of methoxy groups -OCH3 is 2. The van der Waals surface area contributed by atoms with E-state index in [2.05, 4.69) is 23.4 Å². The van der Waals surface area contributed by atoms with Gasteiger partial charge in [-0.25, -0.2) is 0 Å². The van der Waals surface area contributed by atoms with Crippen LogP contribution in [0.3, 0.4) is 0 Å². The van der Waals surface area contributed by atoms with Gasteiger partial charge in [-0.15, -0.1) is 0 Å². The zero-order valence-corrected chi connectivity index (χ0v) is 16.1. The molecule has 0 fully saturated rings. The molecule has 144 valence electrons. The lowest BCUT2D eigenvalue weighted by molar-refractivity contribution is -0.116. The lowest BCUT2D eigenvalue weighted by Gasteiger charge is -2.47. The van der Waals surface area contributed by atoms with Gasteiger partial charge >= 0.3 is 0 Å². The van der Waals surface area contributed by atoms with Crippen LogP contribution in [0.4, 0.5) is 0 Å². The third-order valence-corrected chi connectivity index (χ3v) is 6.00. The van der Waals surface area contributed by atoms with Crippen LogP contribution in [0.15, 0.2) is 34.7 Å². The summed E-state index contributed by atoms with van der Waals surface area (Å²) >= 11 is 0. The van der Waals surface area contributed by atoms with Crippen molar-refractivity contribution < 1.29 is 19.5 Å². The first-order chi connectivity index (χ1) is 13.1. The Morgan fingerprint density at radius 3 is 2.59 bits per heavy atom. The summed E-state index contributed by atoms with van der Waals surface area (Å²) in [6, 6.07) is 4.10. The van der Waals surface area contributed by atoms with Crippen LogP contribution >= 0.6 is 0 Å². The second-order valence-electron chi connectivity index (χ2n) is 7.22. The van der Waals surface area contributed by atoms with Crippen molar-refractivity contribution in [2.45, 2.75) is 45.1 Å². The second-order valence-corrected chi connectivity index (χ2v) is 7.22. The summed E-state index contributed by atoms with van der Waals surface area (Å²) in [5, 5.41) is 9.91. The van der Waals surface area contributed by atoms with E-state index in [-0.39, 0.29) is 11.8 Å². The third kappa shape index (κ3) is 2.62. The molecule has 4 rings (SSSR count). The van der Waals surface area contributed by atoms with Gasteiger partial charge in [0, 0.05) is 18.7 Å². The number of hydrogen-bond acceptors (Lipinski definition) is 6. The molecule has 0 radical (unpaired) electrons. The van der Waals surface area contributed by atoms with E-state index in [0.717, 1.165) is 54.8 Å². The summed E-state index contributed by atoms with van der Waals surface area (Å²) in [5.41, 5.74) is 8.13. The van der Waals surface area contributed by atoms with E-state index < -0.39 is 0 Å². The predicted molar refractivity (Wildman–Crippen MR) is 101 cm³/mol. The van der Waals surface area contributed by atoms with Crippen LogP contribution in [0.25, 0.3) is 0 Å². The number of benzene rings is 1. The molecular formula is C21H26N2O4. The van der Waals surface area contributed by atoms with E-state index in [9.17, 15) is 10.0 Å². The summed E-state index contributed by atoms with van der Waals surface area (Å²) in [6.07, 6.45) is 3.89. The molecule has 0 spiro atoms. The lowest BCUT2D eigenvalue weighted by Crippen LogP contribution is -2.43. The van der Waals surface area contributed by atoms with Crippen LogP contribution < -0.4 is 15.0 Å². The van der Waals surface area contributed by atoms with E-state index in [4.69, 9.17) is 9.47 Å². The van der Waals surface area contributed by atoms with Gasteiger partial charge in [-0.2, -0.15) is 0 Å². The summed E-state index contributed by atoms with van der Waals surface area (Å²) in [7, 11) is 3.29. The number of ketones is 1. The van der Waals surface area contributed by atoms with Crippen molar-refractivity contribution in [3.63, 3.8) is 0 Å². The van der Waals surface area contributed by atoms with Crippen LogP contribution in [0.1, 0.15) is 49.8 Å². The minimum absolute atomic E-state index is 0.00199. The van der Waals surface area contributed by atoms with E-state index in [1.54, 1.807) is 14.2 Å². The molecule has 1 aliphatic carbocycles. The fourth-order valence-electron chi connectivity index (χ4n) is 4.81. The molecule has 2 heterocycles. The normalized spacial score (nSPS) is 21.6. The summed E-state index contributed by atoms with van der Waals surface area (Å²) in [6.45, 7) is 2.92. The van der Waals surface area contributed by atoms with Gasteiger partial charge in [0.05, 0.1) is 31.5 Å². The number of rotatable bonds is 4. The maximum absolute atomic E-state index is 12.7. The summed E-state index contributed by atoms with van der Waals surface area (Å²) in [5.74, 6) is 1.55. The molecule has 0 saturated carbocycles. The number of Topliss-reactive ketones (excluding diaryl/α,β-unsaturated/α-hetero) is 1. The Bertz CT molecular complexity index is 856. The Kier molecular flexibility index (Phi) is 4.60. The molecule has 2 N–H and O–H groups in total. The average Bonchev–Trinajstić information content (AvgIpc) is 2.71. The van der Waals surface area contributed by atoms with Crippen LogP contribution in [-0.4, -0.2) is 36.7 Å². The maximum atomic E-state index is 12.7. The Hall–Kier alpha value is -2.47. The van der Waals surface area contributed by atoms with Gasteiger partial charge in [-0.1, -0.05) is 6.92 Å². The van der Waals surface area contributed by atoms with Gasteiger partial charge in [0.2, 0.25) is 0 Å². The fourth-order valence-corrected chi connectivity index (χ4v) is 4.81. The van der Waals surface area contributed by atoms with Crippen LogP contribution in [0.5, 0.6) is 11.5 Å². The van der Waals surface area contributed by atoms with Gasteiger partial charge in [0.15, 0.2) is 17.3 Å². The van der Waals surface area contributed by atoms with Crippen molar-refractivity contribution in [1.82, 2.24) is 10.4 Å². The molecule has 1 atom stereocenters. The zero-order chi connectivity index (χ0) is 19.1. The second kappa shape index (κ2) is 6.93. The Labute approximate surface area is 159 Å². The number of hydroxylamine groups is 1. The number of hydrogen-bond donors (Lipinski definition) is 2. The fraction of sp³-hybridized carbons (Fsp3) is 0.476. The van der Waals surface area contributed by atoms with Crippen LogP contribution in [0, 0.1) is 0 Å². The molecule has 0 unspecified atom stereocenters. The van der Waals surface area contributed by atoms with E-state index in [1.165, 1.54) is 5.56 Å². The molecule has 1 aromatic rings. The number of ether oxygens (including phenoxy) is 2. The smallest absolute Gasteiger partial charge is 0.166 e. The van der Waals surface area contributed by atoms with Gasteiger partial charge in [-0.05, 0) is 54.5 Å². The topological polar surface area (TPSA) is 71.0 Å². The summed E-state index contributed by atoms with van der Waals surface area (Å²) in [4.78, 5) is 15.0. The Balaban J connectivity index is 1.93. The standard InChI is InChI=1S/C21H26N2O4/c1-4-13-20(22-25)19-15(6-5-7-16(19)24)23-9-8-12-10-17(26-2)18(27-3)11-14(12)21(13)23/h10-11,21-22,25H,4-9H2,1-3H3/t21-/m1/s1. The minimum atomic E-state index is -0.00199. The molecular weight excluding hydrogens is 344 g/mol. The van der Waals surface area contributed by atoms with Crippen molar-refractivity contribution in [2.24, 2.45) is 0 Å². The first-order valence-corrected chi connectivity index (χ1v) is 9.55. The molecule has 0 amide bonds. The van der Waals surface area contributed by atoms with Crippen molar-refractivity contribution in [3.8, 4) is 11.5 Å². The van der Waals surface area contributed by atoms with Gasteiger partial charge in [0.25, 0.3) is 0 Å². The molecule has 3 aliphatic rings. The highest BCUT2D eigenvalue weighted by Crippen LogP contribution is 2.49. The van der Waals surface area contributed by atoms with Gasteiger partial charge in [-0.3, -0.25) is 15.5 Å². The van der Waals surface area contributed by atoms with Crippen LogP contribution in [0.2, 0.25) is 0 Å². The predicted octanol–water partition coefficient (Wildman–Crippen LogP) is 3.27. The quantitative estimate of drug-likeness (QED) is 0.793. The molecule has 27 heavy (non-hydrogen) atoms. The maximum Gasteiger partial charge on any atom is 0.166 e. The minimum Gasteiger partial charge on any atom is -0.493 e. The first-order valence-electron chi connectivity index (χ1n) is 9.55. The highest BCUT2D eigenvalue weighted by molar-refractivity contribution is 6.01. The van der Waals surface area contributed by atoms with Crippen LogP contribution in [-0.2, 0) is 11.2 Å². The number of fused-ring (bicyclic) bond motifs is 4. The van der Waals surface area contributed by atoms with Crippen molar-refractivity contribution in [1.29, 1.82) is 0 Å². The molecule has 0 bridgehead atoms. The molecule has 6 nitrogen and oxygen atoms in total. The number of nitrogens with one attached hydrogen (secondary N) is 1. The Morgan fingerprint density at radius 1 is 1.19 bits per heavy atom. The number of carbonyl (C=O) groups is 1. The highest BCUT2D eigenvalue weighted by Gasteiger charge is 2.41. The molecule has 2 aliphatic heterocycles. The summed E-state index contributed by atoms with van der Waals surface area (Å²) < 4.78 is 11.0. The largest absolute Gasteiger partial charge is 0.493 e. The monoisotopic (exact) mass is 370 g/mol. The third-order valence-electron chi connectivity index (χ3n) is 6.00. The van der Waals surface area contributed by atoms with E-state index in [0.29, 0.717) is 23.4 Å². The van der Waals surface area contributed by atoms with Gasteiger partial charge < -0.3 is 14.4 Å². The SMILES string of the molecule is CCC1=C(NO)C2=C(CCCC2=O)N2CCc3cc(OC)c(OC)cc3[C@@H]12. The number of allylic oxidation sites excluding steroid dienone is 2. The van der Waals surface area contributed by atoms with Crippen molar-refractivity contribution >= 4 is 5.78 Å². The number of nitrogens with zero attached hydrogens (tertiary/aromatic N) is 1. The number of carbonyl (C=O) groups excluding carboxylic acids is 1. The van der Waals surface area contributed by atoms with E-state index >= 15 is 0 Å². The van der Waals surface area contributed by atoms with E-state index in [1.807, 2.05) is 6.07 Å². The van der Waals surface area contributed by atoms with Crippen molar-refractivity contribution in [2.75, 3.05) is 20.8 Å². The molecule has 6 heteroatoms. The Morgan fingerprint density at radius 2 is 1.93 bits per heavy atom. The molecule has 0 aromatic heterocycles. The molecule has 0 saturated heterocycles. The average molecular weight is 370 g/mol. The molecule has 1 aromatic carbocycles. The van der Waals surface area contributed by atoms with Gasteiger partial charge in [0.1, 0.15) is 0 Å².